The van der Waals surface area contributed by atoms with Crippen molar-refractivity contribution in [2.24, 2.45) is 11.3 Å². The summed E-state index contributed by atoms with van der Waals surface area (Å²) in [7, 11) is 0. The molecule has 3 fully saturated rings. The molecule has 2 N–H and O–H groups in total. The molecule has 1 atom stereocenters. The lowest BCUT2D eigenvalue weighted by Crippen LogP contribution is -2.51. The molecule has 4 amide bonds. The molecule has 1 unspecified atom stereocenters. The molecule has 0 radical (unpaired) electrons. The van der Waals surface area contributed by atoms with Gasteiger partial charge in [0.05, 0.1) is 6.10 Å². The standard InChI is InChI=1S/C26H37N3O5/c1-4-25(2,3)18-10-12-26(13-11-18)23(31)29(24(32)28-26)16-22(30)27-19-7-5-8-20(15-19)34-17-21-9-6-14-33-21/h5,7-8,15,18,21H,4,6,9-14,16-17H2,1-3H3,(H,27,30)(H,28,32). The number of hydrogen-bond acceptors (Lipinski definition) is 5. The van der Waals surface area contributed by atoms with Gasteiger partial charge in [0.25, 0.3) is 5.91 Å². The first-order valence-electron chi connectivity index (χ1n) is 12.5. The molecular formula is C26H37N3O5. The van der Waals surface area contributed by atoms with E-state index in [1.807, 2.05) is 6.07 Å². The number of hydrogen-bond donors (Lipinski definition) is 2. The van der Waals surface area contributed by atoms with Crippen molar-refractivity contribution in [1.29, 1.82) is 0 Å². The second-order valence-electron chi connectivity index (χ2n) is 10.5. The Kier molecular flexibility index (Phi) is 7.17. The van der Waals surface area contributed by atoms with Crippen molar-refractivity contribution in [3.8, 4) is 5.75 Å². The van der Waals surface area contributed by atoms with Crippen LogP contribution in [-0.4, -0.2) is 54.1 Å². The maximum atomic E-state index is 13.2. The van der Waals surface area contributed by atoms with Crippen LogP contribution >= 0.6 is 0 Å². The van der Waals surface area contributed by atoms with E-state index in [4.69, 9.17) is 9.47 Å². The zero-order valence-corrected chi connectivity index (χ0v) is 20.5. The van der Waals surface area contributed by atoms with Crippen LogP contribution in [0.2, 0.25) is 0 Å². The average Bonchev–Trinajstić information content (AvgIpc) is 3.41. The molecule has 4 rings (SSSR count). The lowest BCUT2D eigenvalue weighted by atomic mass is 9.65. The van der Waals surface area contributed by atoms with Crippen molar-refractivity contribution in [1.82, 2.24) is 10.2 Å². The van der Waals surface area contributed by atoms with Crippen LogP contribution in [0.5, 0.6) is 5.75 Å². The van der Waals surface area contributed by atoms with Crippen molar-refractivity contribution < 1.29 is 23.9 Å². The van der Waals surface area contributed by atoms with Crippen LogP contribution in [0.15, 0.2) is 24.3 Å². The maximum Gasteiger partial charge on any atom is 0.325 e. The monoisotopic (exact) mass is 471 g/mol. The Morgan fingerprint density at radius 1 is 1.26 bits per heavy atom. The summed E-state index contributed by atoms with van der Waals surface area (Å²) in [5.74, 6) is 0.459. The molecule has 1 saturated carbocycles. The van der Waals surface area contributed by atoms with Crippen LogP contribution < -0.4 is 15.4 Å². The number of nitrogens with one attached hydrogen (secondary N) is 2. The van der Waals surface area contributed by atoms with Crippen LogP contribution in [0.25, 0.3) is 0 Å². The lowest BCUT2D eigenvalue weighted by Gasteiger charge is -2.42. The molecule has 1 aromatic carbocycles. The number of nitrogens with zero attached hydrogens (tertiary/aromatic N) is 1. The molecule has 2 saturated heterocycles. The normalized spacial score (nSPS) is 27.2. The van der Waals surface area contributed by atoms with Crippen molar-refractivity contribution in [2.75, 3.05) is 25.1 Å². The smallest absolute Gasteiger partial charge is 0.325 e. The quantitative estimate of drug-likeness (QED) is 0.557. The summed E-state index contributed by atoms with van der Waals surface area (Å²) in [5.41, 5.74) is -0.0953. The number of rotatable bonds is 8. The number of amides is 4. The maximum absolute atomic E-state index is 13.2. The van der Waals surface area contributed by atoms with Gasteiger partial charge in [-0.3, -0.25) is 14.5 Å². The average molecular weight is 472 g/mol. The Hall–Kier alpha value is -2.61. The SMILES string of the molecule is CCC(C)(C)C1CCC2(CC1)NC(=O)N(CC(=O)Nc1cccc(OCC3CCCO3)c1)C2=O. The fourth-order valence-corrected chi connectivity index (χ4v) is 5.31. The molecule has 8 nitrogen and oxygen atoms in total. The van der Waals surface area contributed by atoms with Crippen molar-refractivity contribution in [2.45, 2.75) is 77.4 Å². The van der Waals surface area contributed by atoms with E-state index in [1.54, 1.807) is 18.2 Å². The minimum atomic E-state index is -0.867. The lowest BCUT2D eigenvalue weighted by molar-refractivity contribution is -0.135. The van der Waals surface area contributed by atoms with Gasteiger partial charge in [0.1, 0.15) is 24.4 Å². The third-order valence-electron chi connectivity index (χ3n) is 7.98. The van der Waals surface area contributed by atoms with E-state index < -0.39 is 17.5 Å². The van der Waals surface area contributed by atoms with Crippen molar-refractivity contribution >= 4 is 23.5 Å². The number of carbonyl (C=O) groups excluding carboxylic acids is 3. The molecule has 0 bridgehead atoms. The van der Waals surface area contributed by atoms with E-state index in [2.05, 4.69) is 31.4 Å². The zero-order chi connectivity index (χ0) is 24.3. The van der Waals surface area contributed by atoms with Crippen LogP contribution in [0.3, 0.4) is 0 Å². The Labute approximate surface area is 201 Å². The molecular weight excluding hydrogens is 434 g/mol. The van der Waals surface area contributed by atoms with E-state index in [0.717, 1.165) is 43.6 Å². The first-order valence-corrected chi connectivity index (χ1v) is 12.5. The number of imide groups is 1. The predicted molar refractivity (Wildman–Crippen MR) is 129 cm³/mol. The summed E-state index contributed by atoms with van der Waals surface area (Å²) in [6.45, 7) is 7.66. The van der Waals surface area contributed by atoms with E-state index in [1.165, 1.54) is 0 Å². The third kappa shape index (κ3) is 5.22. The van der Waals surface area contributed by atoms with Gasteiger partial charge in [-0.25, -0.2) is 4.79 Å². The highest BCUT2D eigenvalue weighted by Crippen LogP contribution is 2.45. The van der Waals surface area contributed by atoms with Crippen molar-refractivity contribution in [3.63, 3.8) is 0 Å². The summed E-state index contributed by atoms with van der Waals surface area (Å²) >= 11 is 0. The zero-order valence-electron chi connectivity index (χ0n) is 20.5. The van der Waals surface area contributed by atoms with Gasteiger partial charge in [-0.15, -0.1) is 0 Å². The van der Waals surface area contributed by atoms with Gasteiger partial charge in [-0.2, -0.15) is 0 Å². The van der Waals surface area contributed by atoms with E-state index >= 15 is 0 Å². The minimum Gasteiger partial charge on any atom is -0.491 e. The van der Waals surface area contributed by atoms with Gasteiger partial charge >= 0.3 is 6.03 Å². The number of benzene rings is 1. The molecule has 8 heteroatoms. The first-order chi connectivity index (χ1) is 16.2. The summed E-state index contributed by atoms with van der Waals surface area (Å²) in [6.07, 6.45) is 6.25. The second-order valence-corrected chi connectivity index (χ2v) is 10.5. The fourth-order valence-electron chi connectivity index (χ4n) is 5.31. The van der Waals surface area contributed by atoms with E-state index in [-0.39, 0.29) is 24.0 Å². The number of carbonyl (C=O) groups is 3. The van der Waals surface area contributed by atoms with E-state index in [0.29, 0.717) is 36.8 Å². The number of urea groups is 1. The molecule has 186 valence electrons. The molecule has 1 aromatic rings. The van der Waals surface area contributed by atoms with Gasteiger partial charge in [0.2, 0.25) is 5.91 Å². The topological polar surface area (TPSA) is 97.0 Å². The molecule has 34 heavy (non-hydrogen) atoms. The van der Waals surface area contributed by atoms with Crippen LogP contribution in [0, 0.1) is 11.3 Å². The number of anilines is 1. The molecule has 3 aliphatic rings. The molecule has 1 spiro atoms. The highest BCUT2D eigenvalue weighted by molar-refractivity contribution is 6.10. The first kappa shape index (κ1) is 24.5. The van der Waals surface area contributed by atoms with Gasteiger partial charge in [-0.1, -0.05) is 33.3 Å². The summed E-state index contributed by atoms with van der Waals surface area (Å²) in [5, 5.41) is 5.69. The Morgan fingerprint density at radius 2 is 2.03 bits per heavy atom. The molecule has 2 aliphatic heterocycles. The second kappa shape index (κ2) is 9.94. The van der Waals surface area contributed by atoms with Gasteiger partial charge in [0.15, 0.2) is 0 Å². The van der Waals surface area contributed by atoms with Gasteiger partial charge in [-0.05, 0) is 62.0 Å². The minimum absolute atomic E-state index is 0.105. The van der Waals surface area contributed by atoms with Gasteiger partial charge in [0, 0.05) is 18.4 Å². The molecule has 0 aromatic heterocycles. The summed E-state index contributed by atoms with van der Waals surface area (Å²) in [4.78, 5) is 39.6. The largest absolute Gasteiger partial charge is 0.491 e. The van der Waals surface area contributed by atoms with Crippen LogP contribution in [0.4, 0.5) is 10.5 Å². The number of ether oxygens (including phenoxy) is 2. The summed E-state index contributed by atoms with van der Waals surface area (Å²) in [6, 6.07) is 6.61. The molecule has 2 heterocycles. The predicted octanol–water partition coefficient (Wildman–Crippen LogP) is 4.10. The molecule has 1 aliphatic carbocycles. The summed E-state index contributed by atoms with van der Waals surface area (Å²) < 4.78 is 11.4. The highest BCUT2D eigenvalue weighted by Gasteiger charge is 2.53. The Balaban J connectivity index is 1.31. The van der Waals surface area contributed by atoms with E-state index in [9.17, 15) is 14.4 Å². The van der Waals surface area contributed by atoms with Crippen molar-refractivity contribution in [3.05, 3.63) is 24.3 Å². The fraction of sp³-hybridized carbons (Fsp3) is 0.654. The Bertz CT molecular complexity index is 917. The van der Waals surface area contributed by atoms with Crippen LogP contribution in [0.1, 0.15) is 65.7 Å². The Morgan fingerprint density at radius 3 is 2.71 bits per heavy atom. The van der Waals surface area contributed by atoms with Crippen LogP contribution in [-0.2, 0) is 14.3 Å². The highest BCUT2D eigenvalue weighted by atomic mass is 16.5. The third-order valence-corrected chi connectivity index (χ3v) is 7.98. The van der Waals surface area contributed by atoms with Gasteiger partial charge < -0.3 is 20.1 Å².